The van der Waals surface area contributed by atoms with E-state index >= 15 is 0 Å². The molecule has 7 rings (SSSR count). The van der Waals surface area contributed by atoms with Crippen LogP contribution in [-0.2, 0) is 5.41 Å². The van der Waals surface area contributed by atoms with Crippen molar-refractivity contribution in [3.05, 3.63) is 95.8 Å². The second kappa shape index (κ2) is 12.1. The first kappa shape index (κ1) is 30.4. The molecule has 9 heteroatoms. The Bertz CT molecular complexity index is 1630. The molecule has 236 valence electrons. The van der Waals surface area contributed by atoms with Crippen LogP contribution in [-0.4, -0.2) is 62.5 Å². The summed E-state index contributed by atoms with van der Waals surface area (Å²) in [7, 11) is 0. The second-order valence-electron chi connectivity index (χ2n) is 13.0. The van der Waals surface area contributed by atoms with Crippen molar-refractivity contribution in [2.45, 2.75) is 85.8 Å². The number of hydrogen-bond acceptors (Lipinski definition) is 4. The highest BCUT2D eigenvalue weighted by molar-refractivity contribution is 8.00. The van der Waals surface area contributed by atoms with Crippen LogP contribution < -0.4 is 0 Å². The Kier molecular flexibility index (Phi) is 8.19. The minimum absolute atomic E-state index is 0.0152. The van der Waals surface area contributed by atoms with Crippen molar-refractivity contribution >= 4 is 28.7 Å². The van der Waals surface area contributed by atoms with E-state index < -0.39 is 5.51 Å². The number of fused-ring (bicyclic) bond motifs is 3. The van der Waals surface area contributed by atoms with Crippen LogP contribution in [0.2, 0.25) is 0 Å². The number of rotatable bonds is 7. The van der Waals surface area contributed by atoms with Crippen molar-refractivity contribution < 1.29 is 18.0 Å². The number of likely N-dealkylation sites (tertiary alicyclic amines) is 1. The quantitative estimate of drug-likeness (QED) is 0.192. The summed E-state index contributed by atoms with van der Waals surface area (Å²) in [6.07, 6.45) is 7.58. The molecule has 1 aromatic heterocycles. The van der Waals surface area contributed by atoms with Gasteiger partial charge in [0.15, 0.2) is 0 Å². The minimum atomic E-state index is -4.34. The van der Waals surface area contributed by atoms with E-state index in [4.69, 9.17) is 4.98 Å². The number of alkyl halides is 3. The second-order valence-corrected chi connectivity index (χ2v) is 14.2. The average molecular weight is 633 g/mol. The normalized spacial score (nSPS) is 23.5. The van der Waals surface area contributed by atoms with Gasteiger partial charge >= 0.3 is 5.51 Å². The number of carbonyl (C=O) groups excluding carboxylic acids is 1. The van der Waals surface area contributed by atoms with Crippen LogP contribution in [0, 0.1) is 6.92 Å². The number of aromatic nitrogens is 2. The first-order chi connectivity index (χ1) is 21.7. The molecule has 4 heterocycles. The van der Waals surface area contributed by atoms with Gasteiger partial charge in [0.05, 0.1) is 11.0 Å². The van der Waals surface area contributed by atoms with Gasteiger partial charge in [0.1, 0.15) is 5.82 Å². The van der Waals surface area contributed by atoms with Gasteiger partial charge in [-0.1, -0.05) is 42.5 Å². The molecule has 3 atom stereocenters. The summed E-state index contributed by atoms with van der Waals surface area (Å²) in [4.78, 5) is 23.0. The van der Waals surface area contributed by atoms with E-state index in [9.17, 15) is 18.0 Å². The molecular formula is C36H39F3N4OS. The first-order valence-electron chi connectivity index (χ1n) is 16.1. The van der Waals surface area contributed by atoms with Crippen molar-refractivity contribution in [3.63, 3.8) is 0 Å². The van der Waals surface area contributed by atoms with E-state index in [0.29, 0.717) is 36.8 Å². The van der Waals surface area contributed by atoms with Gasteiger partial charge in [-0.3, -0.25) is 9.69 Å². The van der Waals surface area contributed by atoms with E-state index in [1.807, 2.05) is 4.90 Å². The monoisotopic (exact) mass is 632 g/mol. The molecule has 3 fully saturated rings. The van der Waals surface area contributed by atoms with Gasteiger partial charge in [-0.15, -0.1) is 0 Å². The van der Waals surface area contributed by atoms with Crippen molar-refractivity contribution in [3.8, 4) is 0 Å². The van der Waals surface area contributed by atoms with Gasteiger partial charge in [0.2, 0.25) is 0 Å². The Labute approximate surface area is 266 Å². The minimum Gasteiger partial charge on any atom is -0.339 e. The number of hydrogen-bond donors (Lipinski definition) is 0. The van der Waals surface area contributed by atoms with Gasteiger partial charge in [-0.25, -0.2) is 4.98 Å². The van der Waals surface area contributed by atoms with E-state index in [1.54, 1.807) is 0 Å². The van der Waals surface area contributed by atoms with Crippen molar-refractivity contribution in [1.29, 1.82) is 0 Å². The average Bonchev–Trinajstić information content (AvgIpc) is 3.50. The Morgan fingerprint density at radius 2 is 1.53 bits per heavy atom. The van der Waals surface area contributed by atoms with Crippen LogP contribution in [0.1, 0.15) is 72.7 Å². The smallest absolute Gasteiger partial charge is 0.339 e. The molecule has 5 nitrogen and oxygen atoms in total. The van der Waals surface area contributed by atoms with Gasteiger partial charge in [0, 0.05) is 41.7 Å². The number of imidazole rings is 1. The lowest BCUT2D eigenvalue weighted by Gasteiger charge is -2.45. The summed E-state index contributed by atoms with van der Waals surface area (Å²) < 4.78 is 40.7. The summed E-state index contributed by atoms with van der Waals surface area (Å²) in [6.45, 7) is 4.45. The summed E-state index contributed by atoms with van der Waals surface area (Å²) in [6, 6.07) is 26.7. The topological polar surface area (TPSA) is 41.4 Å². The van der Waals surface area contributed by atoms with Crippen LogP contribution in [0.3, 0.4) is 0 Å². The highest BCUT2D eigenvalue weighted by atomic mass is 32.2. The zero-order chi connectivity index (χ0) is 31.2. The van der Waals surface area contributed by atoms with Crippen LogP contribution >= 0.6 is 11.8 Å². The third kappa shape index (κ3) is 6.13. The molecule has 4 aromatic rings. The molecule has 45 heavy (non-hydrogen) atoms. The maximum Gasteiger partial charge on any atom is 0.446 e. The number of piperidine rings is 2. The summed E-state index contributed by atoms with van der Waals surface area (Å²) in [5.74, 6) is 0.997. The molecule has 0 unspecified atom stereocenters. The number of halogens is 3. The van der Waals surface area contributed by atoms with Gasteiger partial charge < -0.3 is 9.47 Å². The highest BCUT2D eigenvalue weighted by Crippen LogP contribution is 2.45. The van der Waals surface area contributed by atoms with Gasteiger partial charge in [-0.05, 0) is 118 Å². The zero-order valence-corrected chi connectivity index (χ0v) is 26.4. The third-order valence-electron chi connectivity index (χ3n) is 10.6. The summed E-state index contributed by atoms with van der Waals surface area (Å²) in [5, 5.41) is 0. The van der Waals surface area contributed by atoms with E-state index in [0.717, 1.165) is 50.0 Å². The maximum absolute atomic E-state index is 13.4. The molecule has 0 saturated carbocycles. The van der Waals surface area contributed by atoms with Crippen molar-refractivity contribution in [2.24, 2.45) is 0 Å². The molecule has 3 aromatic carbocycles. The predicted octanol–water partition coefficient (Wildman–Crippen LogP) is 8.39. The summed E-state index contributed by atoms with van der Waals surface area (Å²) in [5.41, 5.74) is -0.256. The highest BCUT2D eigenvalue weighted by Gasteiger charge is 2.44. The Morgan fingerprint density at radius 1 is 0.889 bits per heavy atom. The Morgan fingerprint density at radius 3 is 2.20 bits per heavy atom. The molecule has 3 aliphatic heterocycles. The number of carbonyl (C=O) groups is 1. The standard InChI is InChI=1S/C36H39F3N4OS/c1-25-40-32-9-5-6-10-33(32)43(25)30-23-28-13-14-29(24-30)42(28)22-19-35(27-7-3-2-4-8-27)17-20-41(21-18-35)34(44)26-11-15-31(16-12-26)45-36(37,38)39/h2-12,15-16,28-30H,13-14,17-24H2,1H3/t28-,29+,30+. The van der Waals surface area contributed by atoms with Crippen molar-refractivity contribution in [1.82, 2.24) is 19.4 Å². The fourth-order valence-corrected chi connectivity index (χ4v) is 8.92. The van der Waals surface area contributed by atoms with E-state index in [1.165, 1.54) is 48.2 Å². The molecular weight excluding hydrogens is 593 g/mol. The van der Waals surface area contributed by atoms with Crippen LogP contribution in [0.15, 0.2) is 83.8 Å². The van der Waals surface area contributed by atoms with Crippen molar-refractivity contribution in [2.75, 3.05) is 19.6 Å². The number of benzene rings is 3. The van der Waals surface area contributed by atoms with Gasteiger partial charge in [0.25, 0.3) is 5.91 Å². The molecule has 0 aliphatic carbocycles. The number of amides is 1. The van der Waals surface area contributed by atoms with E-state index in [2.05, 4.69) is 71.0 Å². The first-order valence-corrected chi connectivity index (χ1v) is 16.9. The van der Waals surface area contributed by atoms with E-state index in [-0.39, 0.29) is 28.0 Å². The molecule has 3 saturated heterocycles. The van der Waals surface area contributed by atoms with Gasteiger partial charge in [-0.2, -0.15) is 13.2 Å². The molecule has 0 spiro atoms. The SMILES string of the molecule is Cc1nc2ccccc2n1[C@H]1C[C@H]2CC[C@@H](C1)N2CCC1(c2ccccc2)CCN(C(=O)c2ccc(SC(F)(F)F)cc2)CC1. The lowest BCUT2D eigenvalue weighted by Crippen LogP contribution is -2.49. The Balaban J connectivity index is 1.03. The lowest BCUT2D eigenvalue weighted by molar-refractivity contribution is -0.0328. The van der Waals surface area contributed by atoms with Crippen LogP contribution in [0.4, 0.5) is 13.2 Å². The third-order valence-corrected chi connectivity index (χ3v) is 11.3. The maximum atomic E-state index is 13.4. The zero-order valence-electron chi connectivity index (χ0n) is 25.5. The van der Waals surface area contributed by atoms with Crippen LogP contribution in [0.25, 0.3) is 11.0 Å². The Hall–Kier alpha value is -3.30. The molecule has 3 aliphatic rings. The number of aryl methyl sites for hydroxylation is 1. The number of thioether (sulfide) groups is 1. The number of para-hydroxylation sites is 2. The molecule has 1 amide bonds. The van der Waals surface area contributed by atoms with Crippen LogP contribution in [0.5, 0.6) is 0 Å². The summed E-state index contributed by atoms with van der Waals surface area (Å²) >= 11 is -0.157. The lowest BCUT2D eigenvalue weighted by atomic mass is 9.70. The molecule has 0 N–H and O–H groups in total. The fraction of sp³-hybridized carbons (Fsp3) is 0.444. The fourth-order valence-electron chi connectivity index (χ4n) is 8.38. The number of nitrogens with zero attached hydrogens (tertiary/aromatic N) is 4. The molecule has 2 bridgehead atoms. The molecule has 0 radical (unpaired) electrons. The predicted molar refractivity (Wildman–Crippen MR) is 172 cm³/mol. The largest absolute Gasteiger partial charge is 0.446 e.